The summed E-state index contributed by atoms with van der Waals surface area (Å²) in [4.78, 5) is 2.26. The van der Waals surface area contributed by atoms with Crippen LogP contribution < -0.4 is 14.8 Å². The highest BCUT2D eigenvalue weighted by molar-refractivity contribution is 5.47. The van der Waals surface area contributed by atoms with Gasteiger partial charge in [-0.25, -0.2) is 0 Å². The van der Waals surface area contributed by atoms with E-state index in [4.69, 9.17) is 9.47 Å². The fraction of sp³-hybridized carbons (Fsp3) is 0.571. The number of ether oxygens (including phenoxy) is 2. The molecule has 0 spiro atoms. The molecule has 19 heavy (non-hydrogen) atoms. The van der Waals surface area contributed by atoms with Crippen molar-refractivity contribution in [3.63, 3.8) is 0 Å². The topological polar surface area (TPSA) is 54.0 Å². The molecular weight excluding hydrogens is 244 g/mol. The van der Waals surface area contributed by atoms with Crippen LogP contribution in [0, 0.1) is 0 Å². The van der Waals surface area contributed by atoms with Crippen LogP contribution in [0.2, 0.25) is 0 Å². The second kappa shape index (κ2) is 6.75. The number of piperazine rings is 1. The van der Waals surface area contributed by atoms with Crippen molar-refractivity contribution in [2.45, 2.75) is 6.04 Å². The third-order valence-corrected chi connectivity index (χ3v) is 3.56. The van der Waals surface area contributed by atoms with E-state index in [0.29, 0.717) is 0 Å². The number of nitrogens with zero attached hydrogens (tertiary/aromatic N) is 1. The molecule has 1 heterocycles. The summed E-state index contributed by atoms with van der Waals surface area (Å²) < 4.78 is 10.9. The van der Waals surface area contributed by atoms with Crippen LogP contribution in [0.5, 0.6) is 11.5 Å². The van der Waals surface area contributed by atoms with E-state index in [9.17, 15) is 5.11 Å². The number of methoxy groups -OCH3 is 2. The van der Waals surface area contributed by atoms with Crippen LogP contribution in [-0.4, -0.2) is 57.0 Å². The molecule has 2 N–H and O–H groups in total. The molecule has 1 saturated heterocycles. The number of aliphatic hydroxyl groups excluding tert-OH is 1. The minimum absolute atomic E-state index is 0.0523. The highest BCUT2D eigenvalue weighted by Gasteiger charge is 2.27. The predicted molar refractivity (Wildman–Crippen MR) is 73.8 cm³/mol. The third kappa shape index (κ3) is 3.00. The van der Waals surface area contributed by atoms with Crippen LogP contribution in [0.4, 0.5) is 0 Å². The number of nitrogens with one attached hydrogen (secondary N) is 1. The zero-order valence-electron chi connectivity index (χ0n) is 11.6. The second-order valence-corrected chi connectivity index (χ2v) is 4.56. The van der Waals surface area contributed by atoms with Gasteiger partial charge in [0.2, 0.25) is 0 Å². The van der Waals surface area contributed by atoms with Gasteiger partial charge in [-0.15, -0.1) is 0 Å². The lowest BCUT2D eigenvalue weighted by Crippen LogP contribution is -2.46. The van der Waals surface area contributed by atoms with Crippen molar-refractivity contribution in [2.24, 2.45) is 0 Å². The summed E-state index contributed by atoms with van der Waals surface area (Å²) in [7, 11) is 3.29. The quantitative estimate of drug-likeness (QED) is 0.819. The minimum atomic E-state index is -0.0896. The number of aliphatic hydroxyl groups is 1. The molecule has 0 aromatic heterocycles. The molecule has 0 unspecified atom stereocenters. The molecule has 0 aliphatic carbocycles. The molecule has 1 aliphatic rings. The maximum absolute atomic E-state index is 9.80. The fourth-order valence-corrected chi connectivity index (χ4v) is 2.59. The van der Waals surface area contributed by atoms with Gasteiger partial charge in [0.05, 0.1) is 32.4 Å². The molecule has 5 heteroatoms. The Labute approximate surface area is 114 Å². The molecule has 1 aromatic rings. The van der Waals surface area contributed by atoms with Crippen LogP contribution >= 0.6 is 0 Å². The highest BCUT2D eigenvalue weighted by Crippen LogP contribution is 2.36. The Hall–Kier alpha value is -1.30. The lowest BCUT2D eigenvalue weighted by molar-refractivity contribution is 0.107. The minimum Gasteiger partial charge on any atom is -0.496 e. The van der Waals surface area contributed by atoms with Crippen LogP contribution in [0.1, 0.15) is 11.6 Å². The van der Waals surface area contributed by atoms with Crippen LogP contribution in [0.25, 0.3) is 0 Å². The monoisotopic (exact) mass is 266 g/mol. The molecule has 0 radical (unpaired) electrons. The maximum Gasteiger partial charge on any atom is 0.127 e. The van der Waals surface area contributed by atoms with Gasteiger partial charge in [-0.3, -0.25) is 4.90 Å². The zero-order chi connectivity index (χ0) is 13.7. The zero-order valence-corrected chi connectivity index (χ0v) is 11.6. The molecule has 1 fully saturated rings. The standard InChI is InChI=1S/C14H22N2O3/c1-18-12-4-3-5-13(19-2)14(12)11(10-17)16-8-6-15-7-9-16/h3-5,11,15,17H,6-10H2,1-2H3/t11-/m0/s1. The Kier molecular flexibility index (Phi) is 5.01. The lowest BCUT2D eigenvalue weighted by atomic mass is 10.0. The van der Waals surface area contributed by atoms with Crippen molar-refractivity contribution in [2.75, 3.05) is 47.0 Å². The molecule has 0 amide bonds. The van der Waals surface area contributed by atoms with Gasteiger partial charge in [0, 0.05) is 26.2 Å². The van der Waals surface area contributed by atoms with Gasteiger partial charge < -0.3 is 19.9 Å². The van der Waals surface area contributed by atoms with Crippen molar-refractivity contribution in [3.05, 3.63) is 23.8 Å². The van der Waals surface area contributed by atoms with E-state index in [-0.39, 0.29) is 12.6 Å². The SMILES string of the molecule is COc1cccc(OC)c1[C@H](CO)N1CCNCC1. The van der Waals surface area contributed by atoms with Crippen molar-refractivity contribution in [1.82, 2.24) is 10.2 Å². The largest absolute Gasteiger partial charge is 0.496 e. The first-order valence-corrected chi connectivity index (χ1v) is 6.58. The van der Waals surface area contributed by atoms with Crippen molar-refractivity contribution in [3.8, 4) is 11.5 Å². The Morgan fingerprint density at radius 2 is 1.79 bits per heavy atom. The van der Waals surface area contributed by atoms with Gasteiger partial charge in [-0.05, 0) is 12.1 Å². The molecule has 0 bridgehead atoms. The van der Waals surface area contributed by atoms with E-state index in [1.807, 2.05) is 18.2 Å². The van der Waals surface area contributed by atoms with Gasteiger partial charge >= 0.3 is 0 Å². The average Bonchev–Trinajstić information content (AvgIpc) is 2.49. The Morgan fingerprint density at radius 3 is 2.26 bits per heavy atom. The molecular formula is C14H22N2O3. The van der Waals surface area contributed by atoms with E-state index >= 15 is 0 Å². The maximum atomic E-state index is 9.80. The predicted octanol–water partition coefficient (Wildman–Crippen LogP) is 0.642. The van der Waals surface area contributed by atoms with E-state index in [2.05, 4.69) is 10.2 Å². The second-order valence-electron chi connectivity index (χ2n) is 4.56. The summed E-state index contributed by atoms with van der Waals surface area (Å²) in [6.07, 6.45) is 0. The molecule has 5 nitrogen and oxygen atoms in total. The Bertz CT molecular complexity index is 383. The molecule has 2 rings (SSSR count). The smallest absolute Gasteiger partial charge is 0.127 e. The van der Waals surface area contributed by atoms with Crippen LogP contribution in [-0.2, 0) is 0 Å². The summed E-state index contributed by atoms with van der Waals surface area (Å²) in [5.74, 6) is 1.52. The summed E-state index contributed by atoms with van der Waals surface area (Å²) >= 11 is 0. The van der Waals surface area contributed by atoms with Crippen molar-refractivity contribution >= 4 is 0 Å². The number of hydrogen-bond donors (Lipinski definition) is 2. The Balaban J connectivity index is 2.35. The van der Waals surface area contributed by atoms with Crippen LogP contribution in [0.3, 0.4) is 0 Å². The number of hydrogen-bond acceptors (Lipinski definition) is 5. The molecule has 0 saturated carbocycles. The Morgan fingerprint density at radius 1 is 1.21 bits per heavy atom. The van der Waals surface area contributed by atoms with Gasteiger partial charge in [-0.1, -0.05) is 6.07 Å². The van der Waals surface area contributed by atoms with E-state index in [1.165, 1.54) is 0 Å². The lowest BCUT2D eigenvalue weighted by Gasteiger charge is -2.35. The van der Waals surface area contributed by atoms with Crippen molar-refractivity contribution < 1.29 is 14.6 Å². The normalized spacial score (nSPS) is 18.1. The van der Waals surface area contributed by atoms with Crippen LogP contribution in [0.15, 0.2) is 18.2 Å². The average molecular weight is 266 g/mol. The van der Waals surface area contributed by atoms with Gasteiger partial charge in [-0.2, -0.15) is 0 Å². The highest BCUT2D eigenvalue weighted by atomic mass is 16.5. The summed E-state index contributed by atoms with van der Waals surface area (Å²) in [5.41, 5.74) is 0.928. The first kappa shape index (κ1) is 14.1. The molecule has 1 aromatic carbocycles. The van der Waals surface area contributed by atoms with Gasteiger partial charge in [0.25, 0.3) is 0 Å². The summed E-state index contributed by atoms with van der Waals surface area (Å²) in [6, 6.07) is 5.62. The van der Waals surface area contributed by atoms with E-state index in [1.54, 1.807) is 14.2 Å². The fourth-order valence-electron chi connectivity index (χ4n) is 2.59. The summed E-state index contributed by atoms with van der Waals surface area (Å²) in [5, 5.41) is 13.1. The molecule has 1 aliphatic heterocycles. The first-order valence-electron chi connectivity index (χ1n) is 6.58. The van der Waals surface area contributed by atoms with E-state index in [0.717, 1.165) is 43.2 Å². The first-order chi connectivity index (χ1) is 9.31. The van der Waals surface area contributed by atoms with Crippen molar-refractivity contribution in [1.29, 1.82) is 0 Å². The molecule has 1 atom stereocenters. The number of benzene rings is 1. The molecule has 106 valence electrons. The number of rotatable bonds is 5. The van der Waals surface area contributed by atoms with E-state index < -0.39 is 0 Å². The summed E-state index contributed by atoms with van der Waals surface area (Å²) in [6.45, 7) is 3.75. The third-order valence-electron chi connectivity index (χ3n) is 3.56. The van der Waals surface area contributed by atoms with Gasteiger partial charge in [0.1, 0.15) is 11.5 Å². The van der Waals surface area contributed by atoms with Gasteiger partial charge in [0.15, 0.2) is 0 Å².